The van der Waals surface area contributed by atoms with Crippen molar-refractivity contribution in [2.24, 2.45) is 0 Å². The average Bonchev–Trinajstić information content (AvgIpc) is 3.09. The minimum Gasteiger partial charge on any atom is -0.342 e. The molecule has 0 N–H and O–H groups in total. The SMILES string of the molecule is Cc1cc(C)cc(-n2ccnc2SCC(=O)N2CCN(CC(=O)N3CCCCCC3)CC2)c1. The molecule has 1 aromatic carbocycles. The standard InChI is InChI=1S/C25H35N5O2S/c1-20-15-21(2)17-22(16-20)30-10-7-26-25(30)33-19-24(32)29-13-11-27(12-14-29)18-23(31)28-8-5-3-4-6-9-28/h7,10,15-17H,3-6,8-9,11-14,18-19H2,1-2H3. The summed E-state index contributed by atoms with van der Waals surface area (Å²) in [4.78, 5) is 36.1. The molecule has 2 fully saturated rings. The third kappa shape index (κ3) is 6.38. The van der Waals surface area contributed by atoms with E-state index < -0.39 is 0 Å². The van der Waals surface area contributed by atoms with E-state index in [2.05, 4.69) is 41.9 Å². The van der Waals surface area contributed by atoms with Crippen LogP contribution in [-0.2, 0) is 9.59 Å². The van der Waals surface area contributed by atoms with Gasteiger partial charge in [-0.3, -0.25) is 19.1 Å². The van der Waals surface area contributed by atoms with Gasteiger partial charge in [0.15, 0.2) is 5.16 Å². The van der Waals surface area contributed by atoms with Crippen LogP contribution in [0, 0.1) is 13.8 Å². The number of benzene rings is 1. The first-order chi connectivity index (χ1) is 16.0. The molecule has 2 aromatic rings. The summed E-state index contributed by atoms with van der Waals surface area (Å²) in [6.07, 6.45) is 8.42. The van der Waals surface area contributed by atoms with Crippen molar-refractivity contribution in [3.05, 3.63) is 41.7 Å². The molecule has 2 aliphatic rings. The van der Waals surface area contributed by atoms with E-state index in [1.807, 2.05) is 20.6 Å². The van der Waals surface area contributed by atoms with Gasteiger partial charge in [-0.2, -0.15) is 0 Å². The third-order valence-corrected chi connectivity index (χ3v) is 7.41. The maximum atomic E-state index is 12.8. The molecule has 0 radical (unpaired) electrons. The first-order valence-electron chi connectivity index (χ1n) is 12.0. The van der Waals surface area contributed by atoms with E-state index in [4.69, 9.17) is 0 Å². The Hall–Kier alpha value is -2.32. The van der Waals surface area contributed by atoms with Gasteiger partial charge in [-0.05, 0) is 49.9 Å². The Morgan fingerprint density at radius 2 is 1.48 bits per heavy atom. The van der Waals surface area contributed by atoms with Crippen molar-refractivity contribution >= 4 is 23.6 Å². The molecule has 0 spiro atoms. The number of imidazole rings is 1. The summed E-state index contributed by atoms with van der Waals surface area (Å²) in [6.45, 7) is 9.31. The summed E-state index contributed by atoms with van der Waals surface area (Å²) in [5.74, 6) is 0.744. The van der Waals surface area contributed by atoms with Crippen LogP contribution >= 0.6 is 11.8 Å². The molecule has 8 heteroatoms. The van der Waals surface area contributed by atoms with Gasteiger partial charge in [0.25, 0.3) is 0 Å². The van der Waals surface area contributed by atoms with E-state index in [0.717, 1.165) is 49.9 Å². The second-order valence-corrected chi connectivity index (χ2v) is 10.1. The third-order valence-electron chi connectivity index (χ3n) is 6.46. The Kier molecular flexibility index (Phi) is 8.09. The Labute approximate surface area is 201 Å². The van der Waals surface area contributed by atoms with Gasteiger partial charge in [0.1, 0.15) is 0 Å². The molecule has 3 heterocycles. The maximum Gasteiger partial charge on any atom is 0.236 e. The fraction of sp³-hybridized carbons (Fsp3) is 0.560. The Morgan fingerprint density at radius 1 is 0.848 bits per heavy atom. The van der Waals surface area contributed by atoms with Crippen molar-refractivity contribution in [2.75, 3.05) is 51.6 Å². The van der Waals surface area contributed by atoms with Gasteiger partial charge in [0, 0.05) is 57.3 Å². The molecule has 0 aliphatic carbocycles. The summed E-state index contributed by atoms with van der Waals surface area (Å²) < 4.78 is 2.05. The number of piperazine rings is 1. The Morgan fingerprint density at radius 3 is 2.15 bits per heavy atom. The molecule has 1 aromatic heterocycles. The van der Waals surface area contributed by atoms with Gasteiger partial charge in [-0.25, -0.2) is 4.98 Å². The number of likely N-dealkylation sites (tertiary alicyclic amines) is 1. The second-order valence-electron chi connectivity index (χ2n) is 9.17. The molecule has 7 nitrogen and oxygen atoms in total. The lowest BCUT2D eigenvalue weighted by molar-refractivity contribution is -0.134. The van der Waals surface area contributed by atoms with Gasteiger partial charge in [-0.15, -0.1) is 0 Å². The molecule has 33 heavy (non-hydrogen) atoms. The lowest BCUT2D eigenvalue weighted by Gasteiger charge is -2.35. The summed E-state index contributed by atoms with van der Waals surface area (Å²) in [5, 5.41) is 0.829. The fourth-order valence-corrected chi connectivity index (χ4v) is 5.54. The summed E-state index contributed by atoms with van der Waals surface area (Å²) >= 11 is 1.48. The highest BCUT2D eigenvalue weighted by Gasteiger charge is 2.25. The van der Waals surface area contributed by atoms with Gasteiger partial charge in [-0.1, -0.05) is 30.7 Å². The zero-order valence-electron chi connectivity index (χ0n) is 19.8. The highest BCUT2D eigenvalue weighted by Crippen LogP contribution is 2.23. The topological polar surface area (TPSA) is 61.7 Å². The number of aromatic nitrogens is 2. The number of thioether (sulfide) groups is 1. The van der Waals surface area contributed by atoms with Crippen LogP contribution in [0.1, 0.15) is 36.8 Å². The summed E-state index contributed by atoms with van der Waals surface area (Å²) in [7, 11) is 0. The molecule has 4 rings (SSSR count). The number of aryl methyl sites for hydroxylation is 2. The highest BCUT2D eigenvalue weighted by molar-refractivity contribution is 7.99. The number of rotatable bonds is 6. The molecular formula is C25H35N5O2S. The zero-order chi connectivity index (χ0) is 23.2. The maximum absolute atomic E-state index is 12.8. The Bertz CT molecular complexity index is 939. The number of amides is 2. The number of hydrogen-bond acceptors (Lipinski definition) is 5. The minimum absolute atomic E-state index is 0.133. The Balaban J connectivity index is 1.25. The quantitative estimate of drug-likeness (QED) is 0.609. The smallest absolute Gasteiger partial charge is 0.236 e. The van der Waals surface area contributed by atoms with Crippen molar-refractivity contribution < 1.29 is 9.59 Å². The average molecular weight is 470 g/mol. The number of nitrogens with zero attached hydrogens (tertiary/aromatic N) is 5. The van der Waals surface area contributed by atoms with E-state index >= 15 is 0 Å². The number of carbonyl (C=O) groups excluding carboxylic acids is 2. The molecule has 0 unspecified atom stereocenters. The number of hydrogen-bond donors (Lipinski definition) is 0. The van der Waals surface area contributed by atoms with Crippen molar-refractivity contribution in [1.82, 2.24) is 24.3 Å². The van der Waals surface area contributed by atoms with Crippen LogP contribution in [0.3, 0.4) is 0 Å². The highest BCUT2D eigenvalue weighted by atomic mass is 32.2. The van der Waals surface area contributed by atoms with Crippen molar-refractivity contribution in [2.45, 2.75) is 44.7 Å². The van der Waals surface area contributed by atoms with E-state index in [-0.39, 0.29) is 11.8 Å². The van der Waals surface area contributed by atoms with E-state index in [9.17, 15) is 9.59 Å². The number of carbonyl (C=O) groups is 2. The predicted molar refractivity (Wildman–Crippen MR) is 132 cm³/mol. The van der Waals surface area contributed by atoms with Gasteiger partial charge in [0.05, 0.1) is 12.3 Å². The van der Waals surface area contributed by atoms with E-state index in [1.54, 1.807) is 6.20 Å². The first kappa shape index (κ1) is 23.8. The van der Waals surface area contributed by atoms with Crippen LogP contribution in [0.4, 0.5) is 0 Å². The monoisotopic (exact) mass is 469 g/mol. The molecule has 2 aliphatic heterocycles. The van der Waals surface area contributed by atoms with E-state index in [0.29, 0.717) is 25.4 Å². The van der Waals surface area contributed by atoms with Gasteiger partial charge < -0.3 is 9.80 Å². The molecule has 0 atom stereocenters. The van der Waals surface area contributed by atoms with Crippen LogP contribution < -0.4 is 0 Å². The van der Waals surface area contributed by atoms with Crippen molar-refractivity contribution in [3.63, 3.8) is 0 Å². The zero-order valence-corrected chi connectivity index (χ0v) is 20.6. The van der Waals surface area contributed by atoms with Crippen LogP contribution in [0.25, 0.3) is 5.69 Å². The van der Waals surface area contributed by atoms with Crippen LogP contribution in [0.15, 0.2) is 35.7 Å². The molecule has 0 bridgehead atoms. The molecule has 0 saturated carbocycles. The molecular weight excluding hydrogens is 434 g/mol. The predicted octanol–water partition coefficient (Wildman–Crippen LogP) is 3.13. The summed E-state index contributed by atoms with van der Waals surface area (Å²) in [6, 6.07) is 6.41. The summed E-state index contributed by atoms with van der Waals surface area (Å²) in [5.41, 5.74) is 3.48. The van der Waals surface area contributed by atoms with Gasteiger partial charge in [0.2, 0.25) is 11.8 Å². The minimum atomic E-state index is 0.133. The largest absolute Gasteiger partial charge is 0.342 e. The lowest BCUT2D eigenvalue weighted by Crippen LogP contribution is -2.52. The van der Waals surface area contributed by atoms with Crippen LogP contribution in [0.5, 0.6) is 0 Å². The van der Waals surface area contributed by atoms with Gasteiger partial charge >= 0.3 is 0 Å². The second kappa shape index (κ2) is 11.2. The van der Waals surface area contributed by atoms with Crippen LogP contribution in [0.2, 0.25) is 0 Å². The molecule has 178 valence electrons. The molecule has 2 amide bonds. The fourth-order valence-electron chi connectivity index (χ4n) is 4.67. The van der Waals surface area contributed by atoms with Crippen LogP contribution in [-0.4, -0.2) is 87.6 Å². The van der Waals surface area contributed by atoms with Crippen molar-refractivity contribution in [1.29, 1.82) is 0 Å². The van der Waals surface area contributed by atoms with E-state index in [1.165, 1.54) is 35.7 Å². The lowest BCUT2D eigenvalue weighted by atomic mass is 10.1. The molecule has 2 saturated heterocycles. The van der Waals surface area contributed by atoms with Crippen molar-refractivity contribution in [3.8, 4) is 5.69 Å². The normalized spacial score (nSPS) is 17.8. The first-order valence-corrected chi connectivity index (χ1v) is 13.0.